The Morgan fingerprint density at radius 1 is 1.63 bits per heavy atom. The summed E-state index contributed by atoms with van der Waals surface area (Å²) in [5.41, 5.74) is 1.36. The zero-order valence-electron chi connectivity index (χ0n) is 10.4. The molecule has 0 aliphatic heterocycles. The summed E-state index contributed by atoms with van der Waals surface area (Å²) in [6.45, 7) is 3.03. The highest BCUT2D eigenvalue weighted by molar-refractivity contribution is 5.79. The Morgan fingerprint density at radius 2 is 2.32 bits per heavy atom. The fourth-order valence-electron chi connectivity index (χ4n) is 1.04. The molecule has 0 spiro atoms. The van der Waals surface area contributed by atoms with Crippen molar-refractivity contribution in [2.75, 3.05) is 6.61 Å². The van der Waals surface area contributed by atoms with Crippen molar-refractivity contribution in [1.29, 1.82) is 0 Å². The minimum Gasteiger partial charge on any atom is -0.400 e. The highest BCUT2D eigenvalue weighted by Crippen LogP contribution is 2.13. The van der Waals surface area contributed by atoms with Gasteiger partial charge < -0.3 is 14.8 Å². The third-order valence-corrected chi connectivity index (χ3v) is 2.00. The van der Waals surface area contributed by atoms with Gasteiger partial charge >= 0.3 is 11.9 Å². The van der Waals surface area contributed by atoms with Crippen LogP contribution in [0.1, 0.15) is 19.6 Å². The van der Waals surface area contributed by atoms with Crippen LogP contribution in [-0.2, 0) is 0 Å². The molecule has 0 fully saturated rings. The third kappa shape index (κ3) is 4.76. The lowest BCUT2D eigenvalue weighted by atomic mass is 10.1. The summed E-state index contributed by atoms with van der Waals surface area (Å²) in [6, 6.07) is 1.91. The van der Waals surface area contributed by atoms with E-state index >= 15 is 0 Å². The highest BCUT2D eigenvalue weighted by atomic mass is 16.6. The molecule has 0 bridgehead atoms. The quantitative estimate of drug-likeness (QED) is 0.409. The van der Waals surface area contributed by atoms with Crippen LogP contribution in [0.15, 0.2) is 21.7 Å². The van der Waals surface area contributed by atoms with Gasteiger partial charge in [-0.05, 0) is 19.9 Å². The van der Waals surface area contributed by atoms with Gasteiger partial charge in [-0.15, -0.1) is 0 Å². The van der Waals surface area contributed by atoms with Crippen molar-refractivity contribution in [3.63, 3.8) is 0 Å². The van der Waals surface area contributed by atoms with Gasteiger partial charge in [0.25, 0.3) is 0 Å². The van der Waals surface area contributed by atoms with Crippen LogP contribution in [0.25, 0.3) is 0 Å². The first kappa shape index (κ1) is 14.6. The van der Waals surface area contributed by atoms with Gasteiger partial charge in [-0.25, -0.2) is 10.2 Å². The zero-order valence-corrected chi connectivity index (χ0v) is 10.4. The van der Waals surface area contributed by atoms with Crippen LogP contribution in [0, 0.1) is 10.1 Å². The molecule has 3 N–H and O–H groups in total. The van der Waals surface area contributed by atoms with Crippen LogP contribution in [0.4, 0.5) is 10.7 Å². The topological polar surface area (TPSA) is 130 Å². The van der Waals surface area contributed by atoms with Crippen LogP contribution in [0.5, 0.6) is 0 Å². The van der Waals surface area contributed by atoms with E-state index in [4.69, 9.17) is 9.52 Å². The van der Waals surface area contributed by atoms with Crippen LogP contribution >= 0.6 is 0 Å². The summed E-state index contributed by atoms with van der Waals surface area (Å²) in [6.07, 6.45) is 1.12. The molecule has 0 aliphatic carbocycles. The van der Waals surface area contributed by atoms with Crippen LogP contribution in [0.3, 0.4) is 0 Å². The van der Waals surface area contributed by atoms with Crippen LogP contribution < -0.4 is 10.7 Å². The van der Waals surface area contributed by atoms with E-state index in [-0.39, 0.29) is 12.4 Å². The third-order valence-electron chi connectivity index (χ3n) is 2.00. The Morgan fingerprint density at radius 3 is 2.84 bits per heavy atom. The average Bonchev–Trinajstić information content (AvgIpc) is 2.77. The monoisotopic (exact) mass is 270 g/mol. The number of amides is 2. The minimum absolute atomic E-state index is 0.133. The summed E-state index contributed by atoms with van der Waals surface area (Å²) in [5.74, 6) is -0.277. The molecule has 1 aromatic rings. The molecule has 0 saturated heterocycles. The number of hydrazone groups is 1. The number of nitro groups is 1. The lowest BCUT2D eigenvalue weighted by Crippen LogP contribution is -2.49. The number of rotatable bonds is 5. The van der Waals surface area contributed by atoms with Crippen molar-refractivity contribution in [1.82, 2.24) is 10.7 Å². The Hall–Kier alpha value is -2.42. The molecular formula is C10H14N4O5. The molecule has 0 aliphatic rings. The van der Waals surface area contributed by atoms with Gasteiger partial charge in [0.1, 0.15) is 4.92 Å². The second kappa shape index (κ2) is 5.96. The van der Waals surface area contributed by atoms with Gasteiger partial charge in [0.05, 0.1) is 24.4 Å². The standard InChI is InChI=1S/C10H14N4O5/c1-10(2,6-15)12-9(16)13-11-5-7-3-4-8(19-7)14(17)18/h3-5,15H,6H2,1-2H3,(H2,12,13,16)/b11-5+. The molecule has 0 atom stereocenters. The molecule has 1 heterocycles. The molecule has 0 aromatic carbocycles. The maximum atomic E-state index is 11.3. The first-order chi connectivity index (χ1) is 8.84. The largest absolute Gasteiger partial charge is 0.433 e. The highest BCUT2D eigenvalue weighted by Gasteiger charge is 2.18. The van der Waals surface area contributed by atoms with E-state index in [0.29, 0.717) is 0 Å². The van der Waals surface area contributed by atoms with E-state index in [1.165, 1.54) is 12.1 Å². The maximum Gasteiger partial charge on any atom is 0.433 e. The fraction of sp³-hybridized carbons (Fsp3) is 0.400. The average molecular weight is 270 g/mol. The minimum atomic E-state index is -0.775. The van der Waals surface area contributed by atoms with Gasteiger partial charge in [0.15, 0.2) is 5.76 Å². The molecule has 9 heteroatoms. The molecular weight excluding hydrogens is 256 g/mol. The zero-order chi connectivity index (χ0) is 14.5. The Bertz CT molecular complexity index is 494. The number of nitrogens with one attached hydrogen (secondary N) is 2. The number of nitrogens with zero attached hydrogens (tertiary/aromatic N) is 2. The Labute approximate surface area is 108 Å². The molecule has 19 heavy (non-hydrogen) atoms. The summed E-state index contributed by atoms with van der Waals surface area (Å²) in [4.78, 5) is 21.0. The van der Waals surface area contributed by atoms with Gasteiger partial charge in [0, 0.05) is 0 Å². The summed E-state index contributed by atoms with van der Waals surface area (Å²) < 4.78 is 4.79. The summed E-state index contributed by atoms with van der Waals surface area (Å²) in [5, 5.41) is 25.3. The SMILES string of the molecule is CC(C)(CO)NC(=O)N/N=C/c1ccc([N+](=O)[O-])o1. The van der Waals surface area contributed by atoms with Crippen LogP contribution in [-0.4, -0.2) is 34.4 Å². The summed E-state index contributed by atoms with van der Waals surface area (Å²) >= 11 is 0. The Kier molecular flexibility index (Phi) is 4.59. The van der Waals surface area contributed by atoms with Gasteiger partial charge in [-0.2, -0.15) is 5.10 Å². The molecule has 0 saturated carbocycles. The number of carbonyl (C=O) groups is 1. The predicted octanol–water partition coefficient (Wildman–Crippen LogP) is 0.592. The molecule has 0 radical (unpaired) electrons. The number of aliphatic hydroxyl groups excluding tert-OH is 1. The number of urea groups is 1. The lowest BCUT2D eigenvalue weighted by Gasteiger charge is -2.22. The number of furan rings is 1. The van der Waals surface area contributed by atoms with Crippen molar-refractivity contribution in [2.45, 2.75) is 19.4 Å². The van der Waals surface area contributed by atoms with Gasteiger partial charge in [0.2, 0.25) is 0 Å². The van der Waals surface area contributed by atoms with Crippen LogP contribution in [0.2, 0.25) is 0 Å². The number of hydrogen-bond acceptors (Lipinski definition) is 6. The second-order valence-corrected chi connectivity index (χ2v) is 4.30. The smallest absolute Gasteiger partial charge is 0.400 e. The number of carbonyl (C=O) groups excluding carboxylic acids is 1. The lowest BCUT2D eigenvalue weighted by molar-refractivity contribution is -0.402. The van der Waals surface area contributed by atoms with E-state index in [1.54, 1.807) is 13.8 Å². The van der Waals surface area contributed by atoms with Gasteiger partial charge in [-0.1, -0.05) is 0 Å². The van der Waals surface area contributed by atoms with E-state index in [2.05, 4.69) is 15.8 Å². The fourth-order valence-corrected chi connectivity index (χ4v) is 1.04. The van der Waals surface area contributed by atoms with E-state index in [9.17, 15) is 14.9 Å². The normalized spacial score (nSPS) is 11.5. The van der Waals surface area contributed by atoms with Crippen molar-refractivity contribution in [3.05, 3.63) is 28.0 Å². The molecule has 9 nitrogen and oxygen atoms in total. The van der Waals surface area contributed by atoms with Crippen molar-refractivity contribution < 1.29 is 19.2 Å². The molecule has 1 aromatic heterocycles. The Balaban J connectivity index is 2.49. The first-order valence-corrected chi connectivity index (χ1v) is 5.30. The molecule has 0 unspecified atom stereocenters. The number of aliphatic hydroxyl groups is 1. The maximum absolute atomic E-state index is 11.3. The first-order valence-electron chi connectivity index (χ1n) is 5.30. The van der Waals surface area contributed by atoms with Crippen molar-refractivity contribution in [3.8, 4) is 0 Å². The van der Waals surface area contributed by atoms with E-state index < -0.39 is 22.4 Å². The van der Waals surface area contributed by atoms with Gasteiger partial charge in [-0.3, -0.25) is 10.1 Å². The number of hydrogen-bond donors (Lipinski definition) is 3. The molecule has 2 amide bonds. The van der Waals surface area contributed by atoms with E-state index in [1.807, 2.05) is 0 Å². The molecule has 1 rings (SSSR count). The second-order valence-electron chi connectivity index (χ2n) is 4.30. The van der Waals surface area contributed by atoms with Crippen molar-refractivity contribution in [2.24, 2.45) is 5.10 Å². The predicted molar refractivity (Wildman–Crippen MR) is 65.8 cm³/mol. The van der Waals surface area contributed by atoms with Crippen molar-refractivity contribution >= 4 is 18.1 Å². The summed E-state index contributed by atoms with van der Waals surface area (Å²) in [7, 11) is 0. The molecule has 104 valence electrons. The van der Waals surface area contributed by atoms with E-state index in [0.717, 1.165) is 6.21 Å².